The van der Waals surface area contributed by atoms with Crippen molar-refractivity contribution >= 4 is 17.4 Å². The quantitative estimate of drug-likeness (QED) is 0.938. The van der Waals surface area contributed by atoms with Gasteiger partial charge in [-0.25, -0.2) is 9.97 Å². The first kappa shape index (κ1) is 14.3. The first-order valence-corrected chi connectivity index (χ1v) is 7.28. The van der Waals surface area contributed by atoms with E-state index in [0.29, 0.717) is 17.1 Å². The van der Waals surface area contributed by atoms with Crippen LogP contribution in [0.5, 0.6) is 5.88 Å². The molecule has 1 aliphatic rings. The monoisotopic (exact) mass is 298 g/mol. The van der Waals surface area contributed by atoms with Gasteiger partial charge in [0.1, 0.15) is 5.82 Å². The molecule has 6 heteroatoms. The van der Waals surface area contributed by atoms with Gasteiger partial charge >= 0.3 is 0 Å². The molecule has 0 aliphatic carbocycles. The Morgan fingerprint density at radius 3 is 2.55 bits per heavy atom. The molecule has 1 amide bonds. The summed E-state index contributed by atoms with van der Waals surface area (Å²) in [5.41, 5.74) is 1.15. The Kier molecular flexibility index (Phi) is 4.18. The minimum atomic E-state index is -0.217. The third-order valence-electron chi connectivity index (χ3n) is 3.64. The number of carbonyl (C=O) groups is 1. The summed E-state index contributed by atoms with van der Waals surface area (Å²) in [4.78, 5) is 22.8. The van der Waals surface area contributed by atoms with Gasteiger partial charge in [0.05, 0.1) is 24.6 Å². The fourth-order valence-corrected chi connectivity index (χ4v) is 2.43. The molecule has 2 aromatic rings. The Bertz CT molecular complexity index is 634. The SMILES string of the molecule is COc1ccc(C(=O)Nc2ccc(N3CCCC3)nc2)cn1. The minimum absolute atomic E-state index is 0.217. The van der Waals surface area contributed by atoms with Crippen molar-refractivity contribution in [3.05, 3.63) is 42.2 Å². The number of rotatable bonds is 4. The highest BCUT2D eigenvalue weighted by atomic mass is 16.5. The molecule has 2 aromatic heterocycles. The number of aromatic nitrogens is 2. The molecule has 6 nitrogen and oxygen atoms in total. The molecule has 1 saturated heterocycles. The van der Waals surface area contributed by atoms with E-state index in [1.165, 1.54) is 26.1 Å². The summed E-state index contributed by atoms with van der Waals surface area (Å²) in [5, 5.41) is 2.81. The molecular weight excluding hydrogens is 280 g/mol. The summed E-state index contributed by atoms with van der Waals surface area (Å²) in [5.74, 6) is 1.22. The zero-order valence-corrected chi connectivity index (χ0v) is 12.5. The van der Waals surface area contributed by atoms with E-state index in [9.17, 15) is 4.79 Å². The lowest BCUT2D eigenvalue weighted by Gasteiger charge is -2.16. The zero-order valence-electron chi connectivity index (χ0n) is 12.5. The van der Waals surface area contributed by atoms with Crippen molar-refractivity contribution in [3.63, 3.8) is 0 Å². The number of nitrogens with one attached hydrogen (secondary N) is 1. The van der Waals surface area contributed by atoms with E-state index in [-0.39, 0.29) is 5.91 Å². The van der Waals surface area contributed by atoms with Gasteiger partial charge in [0.25, 0.3) is 5.91 Å². The number of pyridine rings is 2. The van der Waals surface area contributed by atoms with E-state index in [1.54, 1.807) is 18.3 Å². The number of carbonyl (C=O) groups excluding carboxylic acids is 1. The van der Waals surface area contributed by atoms with Crippen molar-refractivity contribution in [1.82, 2.24) is 9.97 Å². The Morgan fingerprint density at radius 1 is 1.14 bits per heavy atom. The molecular formula is C16H18N4O2. The average molecular weight is 298 g/mol. The van der Waals surface area contributed by atoms with Crippen LogP contribution in [-0.2, 0) is 0 Å². The number of methoxy groups -OCH3 is 1. The fraction of sp³-hybridized carbons (Fsp3) is 0.312. The molecule has 0 radical (unpaired) electrons. The molecule has 0 atom stereocenters. The third-order valence-corrected chi connectivity index (χ3v) is 3.64. The van der Waals surface area contributed by atoms with Crippen molar-refractivity contribution in [2.45, 2.75) is 12.8 Å². The van der Waals surface area contributed by atoms with Gasteiger partial charge in [0.15, 0.2) is 0 Å². The highest BCUT2D eigenvalue weighted by molar-refractivity contribution is 6.04. The summed E-state index contributed by atoms with van der Waals surface area (Å²) in [6.45, 7) is 2.10. The number of ether oxygens (including phenoxy) is 1. The van der Waals surface area contributed by atoms with Crippen LogP contribution in [0.4, 0.5) is 11.5 Å². The van der Waals surface area contributed by atoms with Crippen LogP contribution in [-0.4, -0.2) is 36.1 Å². The second kappa shape index (κ2) is 6.43. The van der Waals surface area contributed by atoms with Gasteiger partial charge in [-0.3, -0.25) is 4.79 Å². The number of hydrogen-bond donors (Lipinski definition) is 1. The van der Waals surface area contributed by atoms with Crippen molar-refractivity contribution in [3.8, 4) is 5.88 Å². The topological polar surface area (TPSA) is 67.3 Å². The Morgan fingerprint density at radius 2 is 1.95 bits per heavy atom. The van der Waals surface area contributed by atoms with Crippen molar-refractivity contribution in [2.24, 2.45) is 0 Å². The van der Waals surface area contributed by atoms with Crippen LogP contribution in [0.25, 0.3) is 0 Å². The lowest BCUT2D eigenvalue weighted by atomic mass is 10.2. The number of nitrogens with zero attached hydrogens (tertiary/aromatic N) is 3. The van der Waals surface area contributed by atoms with Crippen molar-refractivity contribution < 1.29 is 9.53 Å². The molecule has 0 unspecified atom stereocenters. The van der Waals surface area contributed by atoms with Crippen molar-refractivity contribution in [2.75, 3.05) is 30.4 Å². The minimum Gasteiger partial charge on any atom is -0.481 e. The molecule has 0 saturated carbocycles. The number of hydrogen-bond acceptors (Lipinski definition) is 5. The van der Waals surface area contributed by atoms with Crippen LogP contribution in [0.2, 0.25) is 0 Å². The van der Waals surface area contributed by atoms with Crippen LogP contribution < -0.4 is 15.0 Å². The summed E-state index contributed by atoms with van der Waals surface area (Å²) in [7, 11) is 1.54. The Balaban J connectivity index is 1.65. The van der Waals surface area contributed by atoms with Gasteiger partial charge in [-0.1, -0.05) is 0 Å². The summed E-state index contributed by atoms with van der Waals surface area (Å²) < 4.78 is 4.97. The molecule has 1 N–H and O–H groups in total. The van der Waals surface area contributed by atoms with Gasteiger partial charge in [-0.15, -0.1) is 0 Å². The van der Waals surface area contributed by atoms with Crippen molar-refractivity contribution in [1.29, 1.82) is 0 Å². The van der Waals surface area contributed by atoms with E-state index in [2.05, 4.69) is 20.2 Å². The molecule has 0 bridgehead atoms. The molecule has 1 aliphatic heterocycles. The van der Waals surface area contributed by atoms with Gasteiger partial charge in [0, 0.05) is 25.4 Å². The van der Waals surface area contributed by atoms with E-state index in [4.69, 9.17) is 4.74 Å². The molecule has 0 aromatic carbocycles. The zero-order chi connectivity index (χ0) is 15.4. The third kappa shape index (κ3) is 3.16. The van der Waals surface area contributed by atoms with Gasteiger partial charge in [0.2, 0.25) is 5.88 Å². The number of anilines is 2. The maximum absolute atomic E-state index is 12.1. The lowest BCUT2D eigenvalue weighted by Crippen LogP contribution is -2.19. The van der Waals surface area contributed by atoms with Crippen LogP contribution in [0.1, 0.15) is 23.2 Å². The summed E-state index contributed by atoms with van der Waals surface area (Å²) in [6, 6.07) is 7.14. The van der Waals surface area contributed by atoms with Gasteiger partial charge < -0.3 is 15.0 Å². The predicted molar refractivity (Wildman–Crippen MR) is 84.4 cm³/mol. The van der Waals surface area contributed by atoms with Crippen LogP contribution in [0.15, 0.2) is 36.7 Å². The molecule has 114 valence electrons. The Labute approximate surface area is 129 Å². The van der Waals surface area contributed by atoms with Crippen LogP contribution >= 0.6 is 0 Å². The van der Waals surface area contributed by atoms with Crippen LogP contribution in [0.3, 0.4) is 0 Å². The predicted octanol–water partition coefficient (Wildman–Crippen LogP) is 2.34. The van der Waals surface area contributed by atoms with E-state index < -0.39 is 0 Å². The molecule has 22 heavy (non-hydrogen) atoms. The highest BCUT2D eigenvalue weighted by Crippen LogP contribution is 2.19. The van der Waals surface area contributed by atoms with E-state index in [1.807, 2.05) is 12.1 Å². The maximum atomic E-state index is 12.1. The largest absolute Gasteiger partial charge is 0.481 e. The fourth-order valence-electron chi connectivity index (χ4n) is 2.43. The highest BCUT2D eigenvalue weighted by Gasteiger charge is 2.13. The molecule has 1 fully saturated rings. The molecule has 0 spiro atoms. The smallest absolute Gasteiger partial charge is 0.257 e. The first-order valence-electron chi connectivity index (χ1n) is 7.28. The van der Waals surface area contributed by atoms with Crippen LogP contribution in [0, 0.1) is 0 Å². The summed E-state index contributed by atoms with van der Waals surface area (Å²) >= 11 is 0. The maximum Gasteiger partial charge on any atom is 0.257 e. The van der Waals surface area contributed by atoms with Gasteiger partial charge in [-0.2, -0.15) is 0 Å². The second-order valence-corrected chi connectivity index (χ2v) is 5.14. The first-order chi connectivity index (χ1) is 10.8. The van der Waals surface area contributed by atoms with E-state index in [0.717, 1.165) is 18.9 Å². The number of amides is 1. The average Bonchev–Trinajstić information content (AvgIpc) is 3.10. The normalized spacial score (nSPS) is 14.0. The lowest BCUT2D eigenvalue weighted by molar-refractivity contribution is 0.102. The molecule has 3 heterocycles. The Hall–Kier alpha value is -2.63. The van der Waals surface area contributed by atoms with E-state index >= 15 is 0 Å². The second-order valence-electron chi connectivity index (χ2n) is 5.14. The standard InChI is InChI=1S/C16H18N4O2/c1-22-15-7-4-12(10-18-15)16(21)19-13-5-6-14(17-11-13)20-8-2-3-9-20/h4-7,10-11H,2-3,8-9H2,1H3,(H,19,21). The molecule has 3 rings (SSSR count). The summed E-state index contributed by atoms with van der Waals surface area (Å²) in [6.07, 6.45) is 5.60. The van der Waals surface area contributed by atoms with Gasteiger partial charge in [-0.05, 0) is 31.0 Å².